The third-order valence-electron chi connectivity index (χ3n) is 3.75. The van der Waals surface area contributed by atoms with Crippen LogP contribution >= 0.6 is 0 Å². The maximum atomic E-state index is 12.3. The molecule has 18 heavy (non-hydrogen) atoms. The lowest BCUT2D eigenvalue weighted by atomic mass is 9.82. The van der Waals surface area contributed by atoms with Gasteiger partial charge in [-0.05, 0) is 24.0 Å². The number of amides is 1. The summed E-state index contributed by atoms with van der Waals surface area (Å²) in [6.07, 6.45) is 0.822. The zero-order chi connectivity index (χ0) is 13.2. The van der Waals surface area contributed by atoms with Crippen LogP contribution in [-0.2, 0) is 9.53 Å². The van der Waals surface area contributed by atoms with Gasteiger partial charge in [0.15, 0.2) is 0 Å². The van der Waals surface area contributed by atoms with Gasteiger partial charge in [-0.2, -0.15) is 0 Å². The zero-order valence-corrected chi connectivity index (χ0v) is 11.3. The van der Waals surface area contributed by atoms with Crippen molar-refractivity contribution in [1.29, 1.82) is 0 Å². The van der Waals surface area contributed by atoms with Crippen LogP contribution in [0.4, 0.5) is 5.69 Å². The molecule has 0 aromatic heterocycles. The van der Waals surface area contributed by atoms with Crippen LogP contribution in [0.3, 0.4) is 0 Å². The Balaban J connectivity index is 2.17. The van der Waals surface area contributed by atoms with Gasteiger partial charge < -0.3 is 10.1 Å². The molecule has 0 unspecified atom stereocenters. The lowest BCUT2D eigenvalue weighted by Crippen LogP contribution is -2.51. The van der Waals surface area contributed by atoms with Crippen LogP contribution in [0.5, 0.6) is 0 Å². The van der Waals surface area contributed by atoms with Gasteiger partial charge in [0.2, 0.25) is 5.91 Å². The number of ether oxygens (including phenoxy) is 1. The number of hydrogen-bond donors (Lipinski definition) is 1. The third kappa shape index (κ3) is 2.27. The smallest absolute Gasteiger partial charge is 0.235 e. The number of para-hydroxylation sites is 1. The molecule has 98 valence electrons. The van der Waals surface area contributed by atoms with Crippen molar-refractivity contribution in [1.82, 2.24) is 0 Å². The topological polar surface area (TPSA) is 38.3 Å². The minimum Gasteiger partial charge on any atom is -0.379 e. The highest BCUT2D eigenvalue weighted by atomic mass is 16.5. The molecule has 0 bridgehead atoms. The molecule has 1 saturated heterocycles. The fourth-order valence-corrected chi connectivity index (χ4v) is 2.21. The van der Waals surface area contributed by atoms with Crippen molar-refractivity contribution in [2.45, 2.75) is 33.1 Å². The summed E-state index contributed by atoms with van der Waals surface area (Å²) in [5, 5.41) is 3.07. The fraction of sp³-hybridized carbons (Fsp3) is 0.533. The standard InChI is InChI=1S/C15H21NO2/c1-4-15(9-18-10-15)14(17)16-13-8-6-5-7-12(13)11(2)3/h5-8,11H,4,9-10H2,1-3H3,(H,16,17). The van der Waals surface area contributed by atoms with E-state index in [1.165, 1.54) is 5.56 Å². The molecule has 3 nitrogen and oxygen atoms in total. The fourth-order valence-electron chi connectivity index (χ4n) is 2.21. The summed E-state index contributed by atoms with van der Waals surface area (Å²) in [6.45, 7) is 7.38. The van der Waals surface area contributed by atoms with Crippen molar-refractivity contribution in [3.63, 3.8) is 0 Å². The summed E-state index contributed by atoms with van der Waals surface area (Å²) in [4.78, 5) is 12.3. The summed E-state index contributed by atoms with van der Waals surface area (Å²) in [6, 6.07) is 8.00. The van der Waals surface area contributed by atoms with Crippen molar-refractivity contribution in [3.8, 4) is 0 Å². The Hall–Kier alpha value is -1.35. The molecule has 0 atom stereocenters. The Morgan fingerprint density at radius 1 is 1.39 bits per heavy atom. The molecule has 1 aliphatic rings. The lowest BCUT2D eigenvalue weighted by Gasteiger charge is -2.39. The molecular weight excluding hydrogens is 226 g/mol. The van der Waals surface area contributed by atoms with E-state index in [0.29, 0.717) is 19.1 Å². The minimum absolute atomic E-state index is 0.0874. The molecule has 3 heteroatoms. The van der Waals surface area contributed by atoms with E-state index in [2.05, 4.69) is 25.2 Å². The summed E-state index contributed by atoms with van der Waals surface area (Å²) >= 11 is 0. The Bertz CT molecular complexity index is 430. The molecule has 0 aliphatic carbocycles. The van der Waals surface area contributed by atoms with E-state index in [4.69, 9.17) is 4.74 Å². The molecule has 1 fully saturated rings. The van der Waals surface area contributed by atoms with E-state index in [0.717, 1.165) is 12.1 Å². The van der Waals surface area contributed by atoms with E-state index >= 15 is 0 Å². The van der Waals surface area contributed by atoms with Crippen LogP contribution in [0.15, 0.2) is 24.3 Å². The number of anilines is 1. The predicted molar refractivity (Wildman–Crippen MR) is 72.7 cm³/mol. The highest BCUT2D eigenvalue weighted by molar-refractivity contribution is 5.96. The first-order valence-electron chi connectivity index (χ1n) is 6.57. The molecule has 0 spiro atoms. The highest BCUT2D eigenvalue weighted by Crippen LogP contribution is 2.33. The Morgan fingerprint density at radius 2 is 2.06 bits per heavy atom. The quantitative estimate of drug-likeness (QED) is 0.887. The molecule has 2 rings (SSSR count). The van der Waals surface area contributed by atoms with Gasteiger partial charge in [-0.25, -0.2) is 0 Å². The van der Waals surface area contributed by atoms with E-state index in [9.17, 15) is 4.79 Å². The van der Waals surface area contributed by atoms with Crippen molar-refractivity contribution < 1.29 is 9.53 Å². The number of carbonyl (C=O) groups excluding carboxylic acids is 1. The molecule has 1 N–H and O–H groups in total. The average molecular weight is 247 g/mol. The van der Waals surface area contributed by atoms with E-state index in [1.807, 2.05) is 25.1 Å². The maximum Gasteiger partial charge on any atom is 0.235 e. The Morgan fingerprint density at radius 3 is 2.56 bits per heavy atom. The van der Waals surface area contributed by atoms with Gasteiger partial charge in [0.1, 0.15) is 0 Å². The van der Waals surface area contributed by atoms with Gasteiger partial charge in [0.05, 0.1) is 18.6 Å². The first-order valence-corrected chi connectivity index (χ1v) is 6.57. The predicted octanol–water partition coefficient (Wildman–Crippen LogP) is 3.18. The van der Waals surface area contributed by atoms with Crippen LogP contribution in [0.1, 0.15) is 38.7 Å². The summed E-state index contributed by atoms with van der Waals surface area (Å²) < 4.78 is 5.20. The van der Waals surface area contributed by atoms with Gasteiger partial charge in [0, 0.05) is 5.69 Å². The van der Waals surface area contributed by atoms with Crippen LogP contribution < -0.4 is 5.32 Å². The lowest BCUT2D eigenvalue weighted by molar-refractivity contribution is -0.156. The molecule has 1 aromatic rings. The second-order valence-corrected chi connectivity index (χ2v) is 5.32. The number of nitrogens with one attached hydrogen (secondary N) is 1. The van der Waals surface area contributed by atoms with Crippen molar-refractivity contribution >= 4 is 11.6 Å². The van der Waals surface area contributed by atoms with Crippen molar-refractivity contribution in [2.24, 2.45) is 5.41 Å². The molecule has 1 amide bonds. The van der Waals surface area contributed by atoms with Crippen LogP contribution in [0, 0.1) is 5.41 Å². The molecule has 1 heterocycles. The number of rotatable bonds is 4. The molecular formula is C15H21NO2. The van der Waals surface area contributed by atoms with Gasteiger partial charge in [-0.3, -0.25) is 4.79 Å². The first-order chi connectivity index (χ1) is 8.59. The van der Waals surface area contributed by atoms with Gasteiger partial charge in [-0.1, -0.05) is 39.0 Å². The normalized spacial score (nSPS) is 17.3. The monoisotopic (exact) mass is 247 g/mol. The van der Waals surface area contributed by atoms with Crippen molar-refractivity contribution in [2.75, 3.05) is 18.5 Å². The second kappa shape index (κ2) is 5.11. The van der Waals surface area contributed by atoms with E-state index in [1.54, 1.807) is 0 Å². The molecule has 1 aromatic carbocycles. The summed E-state index contributed by atoms with van der Waals surface area (Å²) in [7, 11) is 0. The van der Waals surface area contributed by atoms with E-state index < -0.39 is 0 Å². The summed E-state index contributed by atoms with van der Waals surface area (Å²) in [5.74, 6) is 0.487. The number of benzene rings is 1. The van der Waals surface area contributed by atoms with Crippen LogP contribution in [-0.4, -0.2) is 19.1 Å². The second-order valence-electron chi connectivity index (χ2n) is 5.32. The average Bonchev–Trinajstić information content (AvgIpc) is 2.28. The Kier molecular flexibility index (Phi) is 3.71. The van der Waals surface area contributed by atoms with Gasteiger partial charge in [0.25, 0.3) is 0 Å². The molecule has 0 saturated carbocycles. The molecule has 1 aliphatic heterocycles. The Labute approximate surface area is 109 Å². The number of hydrogen-bond acceptors (Lipinski definition) is 2. The largest absolute Gasteiger partial charge is 0.379 e. The summed E-state index contributed by atoms with van der Waals surface area (Å²) in [5.41, 5.74) is 1.79. The van der Waals surface area contributed by atoms with Crippen LogP contribution in [0.2, 0.25) is 0 Å². The zero-order valence-electron chi connectivity index (χ0n) is 11.3. The van der Waals surface area contributed by atoms with Crippen molar-refractivity contribution in [3.05, 3.63) is 29.8 Å². The minimum atomic E-state index is -0.315. The number of carbonyl (C=O) groups is 1. The van der Waals surface area contributed by atoms with E-state index in [-0.39, 0.29) is 11.3 Å². The highest BCUT2D eigenvalue weighted by Gasteiger charge is 2.44. The van der Waals surface area contributed by atoms with Gasteiger partial charge >= 0.3 is 0 Å². The SMILES string of the molecule is CCC1(C(=O)Nc2ccccc2C(C)C)COC1. The van der Waals surface area contributed by atoms with Crippen LogP contribution in [0.25, 0.3) is 0 Å². The third-order valence-corrected chi connectivity index (χ3v) is 3.75. The van der Waals surface area contributed by atoms with Gasteiger partial charge in [-0.15, -0.1) is 0 Å². The molecule has 0 radical (unpaired) electrons. The maximum absolute atomic E-state index is 12.3. The first kappa shape index (κ1) is 13.1.